The van der Waals surface area contributed by atoms with Crippen molar-refractivity contribution in [1.29, 1.82) is 0 Å². The van der Waals surface area contributed by atoms with Gasteiger partial charge in [0.15, 0.2) is 11.6 Å². The molecule has 3 heterocycles. The third-order valence-corrected chi connectivity index (χ3v) is 3.68. The first kappa shape index (κ1) is 14.7. The van der Waals surface area contributed by atoms with Crippen LogP contribution in [-0.2, 0) is 4.79 Å². The molecule has 1 saturated heterocycles. The first-order valence-electron chi connectivity index (χ1n) is 7.39. The smallest absolute Gasteiger partial charge is 0.243 e. The van der Waals surface area contributed by atoms with Crippen molar-refractivity contribution >= 4 is 11.7 Å². The molecule has 0 saturated carbocycles. The number of nitrogens with one attached hydrogen (secondary N) is 1. The van der Waals surface area contributed by atoms with Gasteiger partial charge in [-0.1, -0.05) is 16.7 Å². The molecule has 22 heavy (non-hydrogen) atoms. The number of aromatic nitrogens is 3. The molecule has 0 unspecified atom stereocenters. The molecule has 1 amide bonds. The van der Waals surface area contributed by atoms with E-state index in [0.29, 0.717) is 23.3 Å². The molecule has 2 aromatic rings. The van der Waals surface area contributed by atoms with Crippen molar-refractivity contribution in [3.8, 4) is 0 Å². The lowest BCUT2D eigenvalue weighted by Gasteiger charge is -2.32. The van der Waals surface area contributed by atoms with E-state index >= 15 is 0 Å². The van der Waals surface area contributed by atoms with Crippen molar-refractivity contribution in [3.05, 3.63) is 23.5 Å². The molecule has 0 aromatic carbocycles. The maximum Gasteiger partial charge on any atom is 0.243 e. The number of likely N-dealkylation sites (tertiary alicyclic amines) is 1. The quantitative estimate of drug-likeness (QED) is 0.920. The number of carbonyl (C=O) groups is 1. The Kier molecular flexibility index (Phi) is 4.19. The van der Waals surface area contributed by atoms with Crippen LogP contribution in [0.25, 0.3) is 0 Å². The summed E-state index contributed by atoms with van der Waals surface area (Å²) in [6, 6.07) is 1.69. The molecule has 0 aliphatic carbocycles. The van der Waals surface area contributed by atoms with Gasteiger partial charge in [0.1, 0.15) is 5.76 Å². The lowest BCUT2D eigenvalue weighted by Crippen LogP contribution is -2.39. The number of hydrogen-bond donors (Lipinski definition) is 1. The second kappa shape index (κ2) is 6.27. The number of amides is 1. The summed E-state index contributed by atoms with van der Waals surface area (Å²) in [6.07, 6.45) is 3.06. The number of anilines is 1. The minimum Gasteiger partial charge on any atom is -0.360 e. The highest BCUT2D eigenvalue weighted by molar-refractivity contribution is 5.91. The fraction of sp³-hybridized carbons (Fsp3) is 0.571. The zero-order chi connectivity index (χ0) is 15.5. The van der Waals surface area contributed by atoms with Gasteiger partial charge in [0, 0.05) is 6.07 Å². The van der Waals surface area contributed by atoms with Crippen molar-refractivity contribution in [1.82, 2.24) is 20.2 Å². The normalized spacial score (nSPS) is 19.3. The van der Waals surface area contributed by atoms with Crippen LogP contribution in [0.1, 0.15) is 42.8 Å². The molecule has 1 aliphatic heterocycles. The van der Waals surface area contributed by atoms with E-state index in [-0.39, 0.29) is 18.5 Å². The standard InChI is InChI=1S/C14H19N5O3/c1-9-7-12(18-21-9)16-13(20)8-19-6-4-3-5-11(19)14-15-10(2)17-22-14/h7,11H,3-6,8H2,1-2H3,(H,16,18,20)/t11-/m0/s1. The van der Waals surface area contributed by atoms with Gasteiger partial charge >= 0.3 is 0 Å². The molecule has 0 radical (unpaired) electrons. The lowest BCUT2D eigenvalue weighted by atomic mass is 10.0. The van der Waals surface area contributed by atoms with Crippen molar-refractivity contribution in [2.45, 2.75) is 39.2 Å². The number of hydrogen-bond acceptors (Lipinski definition) is 7. The molecular weight excluding hydrogens is 286 g/mol. The zero-order valence-electron chi connectivity index (χ0n) is 12.7. The first-order valence-corrected chi connectivity index (χ1v) is 7.39. The summed E-state index contributed by atoms with van der Waals surface area (Å²) in [6.45, 7) is 4.66. The molecule has 1 atom stereocenters. The minimum atomic E-state index is -0.128. The SMILES string of the molecule is Cc1noc([C@@H]2CCCCN2CC(=O)Nc2cc(C)on2)n1. The summed E-state index contributed by atoms with van der Waals surface area (Å²) in [5.74, 6) is 2.17. The minimum absolute atomic E-state index is 0.000236. The van der Waals surface area contributed by atoms with Crippen molar-refractivity contribution in [3.63, 3.8) is 0 Å². The summed E-state index contributed by atoms with van der Waals surface area (Å²) >= 11 is 0. The largest absolute Gasteiger partial charge is 0.360 e. The predicted octanol–water partition coefficient (Wildman–Crippen LogP) is 1.84. The molecule has 2 aromatic heterocycles. The first-order chi connectivity index (χ1) is 10.6. The highest BCUT2D eigenvalue weighted by Gasteiger charge is 2.29. The van der Waals surface area contributed by atoms with Crippen molar-refractivity contribution < 1.29 is 13.8 Å². The maximum absolute atomic E-state index is 12.2. The summed E-state index contributed by atoms with van der Waals surface area (Å²) in [5.41, 5.74) is 0. The topological polar surface area (TPSA) is 97.3 Å². The molecule has 1 N–H and O–H groups in total. The molecule has 118 valence electrons. The number of carbonyl (C=O) groups excluding carboxylic acids is 1. The van der Waals surface area contributed by atoms with Gasteiger partial charge in [-0.15, -0.1) is 0 Å². The van der Waals surface area contributed by atoms with Crippen LogP contribution in [0.2, 0.25) is 0 Å². The molecule has 0 bridgehead atoms. The van der Waals surface area contributed by atoms with Gasteiger partial charge in [-0.3, -0.25) is 9.69 Å². The Labute approximate surface area is 127 Å². The fourth-order valence-corrected chi connectivity index (χ4v) is 2.70. The van der Waals surface area contributed by atoms with Crippen LogP contribution in [0, 0.1) is 13.8 Å². The molecule has 1 fully saturated rings. The average Bonchev–Trinajstić information content (AvgIpc) is 3.08. The van der Waals surface area contributed by atoms with Crippen LogP contribution in [0.15, 0.2) is 15.1 Å². The molecule has 8 nitrogen and oxygen atoms in total. The highest BCUT2D eigenvalue weighted by Crippen LogP contribution is 2.29. The van der Waals surface area contributed by atoms with Crippen LogP contribution < -0.4 is 5.32 Å². The fourth-order valence-electron chi connectivity index (χ4n) is 2.70. The van der Waals surface area contributed by atoms with E-state index in [2.05, 4.69) is 25.5 Å². The second-order valence-corrected chi connectivity index (χ2v) is 5.53. The van der Waals surface area contributed by atoms with E-state index in [1.165, 1.54) is 0 Å². The Bertz CT molecular complexity index is 650. The van der Waals surface area contributed by atoms with E-state index in [4.69, 9.17) is 9.05 Å². The Morgan fingerprint density at radius 2 is 2.23 bits per heavy atom. The van der Waals surface area contributed by atoms with E-state index in [1.54, 1.807) is 19.9 Å². The van der Waals surface area contributed by atoms with E-state index < -0.39 is 0 Å². The third-order valence-electron chi connectivity index (χ3n) is 3.68. The Balaban J connectivity index is 1.64. The molecular formula is C14H19N5O3. The third kappa shape index (κ3) is 3.33. The zero-order valence-corrected chi connectivity index (χ0v) is 12.7. The van der Waals surface area contributed by atoms with Crippen LogP contribution in [0.4, 0.5) is 5.82 Å². The van der Waals surface area contributed by atoms with Gasteiger partial charge < -0.3 is 14.4 Å². The Morgan fingerprint density at radius 1 is 1.36 bits per heavy atom. The van der Waals surface area contributed by atoms with E-state index in [0.717, 1.165) is 25.8 Å². The monoisotopic (exact) mass is 305 g/mol. The van der Waals surface area contributed by atoms with Crippen LogP contribution in [0.3, 0.4) is 0 Å². The van der Waals surface area contributed by atoms with Gasteiger partial charge in [-0.05, 0) is 33.2 Å². The number of aryl methyl sites for hydroxylation is 2. The Hall–Kier alpha value is -2.22. The van der Waals surface area contributed by atoms with Crippen LogP contribution in [0.5, 0.6) is 0 Å². The molecule has 1 aliphatic rings. The van der Waals surface area contributed by atoms with Gasteiger partial charge in [-0.2, -0.15) is 4.98 Å². The molecule has 8 heteroatoms. The molecule has 3 rings (SSSR count). The summed E-state index contributed by atoms with van der Waals surface area (Å²) < 4.78 is 10.2. The predicted molar refractivity (Wildman–Crippen MR) is 77.1 cm³/mol. The summed E-state index contributed by atoms with van der Waals surface area (Å²) in [7, 11) is 0. The Morgan fingerprint density at radius 3 is 2.91 bits per heavy atom. The maximum atomic E-state index is 12.2. The second-order valence-electron chi connectivity index (χ2n) is 5.53. The number of nitrogens with zero attached hydrogens (tertiary/aromatic N) is 4. The van der Waals surface area contributed by atoms with Crippen molar-refractivity contribution in [2.75, 3.05) is 18.4 Å². The van der Waals surface area contributed by atoms with E-state index in [9.17, 15) is 4.79 Å². The summed E-state index contributed by atoms with van der Waals surface area (Å²) in [5, 5.41) is 10.3. The number of piperidine rings is 1. The lowest BCUT2D eigenvalue weighted by molar-refractivity contribution is -0.118. The van der Waals surface area contributed by atoms with Crippen molar-refractivity contribution in [2.24, 2.45) is 0 Å². The highest BCUT2D eigenvalue weighted by atomic mass is 16.5. The average molecular weight is 305 g/mol. The van der Waals surface area contributed by atoms with Crippen LogP contribution >= 0.6 is 0 Å². The van der Waals surface area contributed by atoms with Crippen LogP contribution in [-0.4, -0.2) is 39.2 Å². The molecule has 0 spiro atoms. The number of rotatable bonds is 4. The summed E-state index contributed by atoms with van der Waals surface area (Å²) in [4.78, 5) is 18.5. The van der Waals surface area contributed by atoms with Gasteiger partial charge in [0.2, 0.25) is 11.8 Å². The van der Waals surface area contributed by atoms with Gasteiger partial charge in [0.25, 0.3) is 0 Å². The van der Waals surface area contributed by atoms with Gasteiger partial charge in [-0.25, -0.2) is 0 Å². The van der Waals surface area contributed by atoms with E-state index in [1.807, 2.05) is 0 Å². The van der Waals surface area contributed by atoms with Gasteiger partial charge in [0.05, 0.1) is 12.6 Å².